The van der Waals surface area contributed by atoms with Crippen LogP contribution in [0.25, 0.3) is 0 Å². The van der Waals surface area contributed by atoms with Crippen LogP contribution >= 0.6 is 11.6 Å². The number of halogens is 1. The number of carbonyl (C=O) groups is 1. The summed E-state index contributed by atoms with van der Waals surface area (Å²) in [7, 11) is 0. The molecule has 0 aliphatic rings. The number of pyridine rings is 1. The van der Waals surface area contributed by atoms with Crippen molar-refractivity contribution in [3.05, 3.63) is 88.7 Å². The summed E-state index contributed by atoms with van der Waals surface area (Å²) in [5, 5.41) is 6.88. The lowest BCUT2D eigenvalue weighted by Gasteiger charge is -2.16. The Morgan fingerprint density at radius 1 is 1.08 bits per heavy atom. The summed E-state index contributed by atoms with van der Waals surface area (Å²) in [5.41, 5.74) is 3.86. The first-order valence-electron chi connectivity index (χ1n) is 8.38. The lowest BCUT2D eigenvalue weighted by atomic mass is 10.1. The highest BCUT2D eigenvalue weighted by atomic mass is 35.5. The number of benzene rings is 2. The van der Waals surface area contributed by atoms with Gasteiger partial charge in [0.25, 0.3) is 5.91 Å². The molecule has 2 aromatic carbocycles. The van der Waals surface area contributed by atoms with Gasteiger partial charge in [0, 0.05) is 28.6 Å². The second-order valence-electron chi connectivity index (χ2n) is 6.07. The number of aromatic nitrogens is 1. The molecular formula is C21H20ClN3O. The monoisotopic (exact) mass is 365 g/mol. The highest BCUT2D eigenvalue weighted by Gasteiger charge is 2.12. The molecule has 1 heterocycles. The van der Waals surface area contributed by atoms with E-state index in [-0.39, 0.29) is 11.9 Å². The maximum Gasteiger partial charge on any atom is 0.274 e. The highest BCUT2D eigenvalue weighted by Crippen LogP contribution is 2.24. The van der Waals surface area contributed by atoms with Crippen LogP contribution in [-0.4, -0.2) is 10.9 Å². The van der Waals surface area contributed by atoms with E-state index in [4.69, 9.17) is 11.6 Å². The summed E-state index contributed by atoms with van der Waals surface area (Å²) in [4.78, 5) is 16.7. The van der Waals surface area contributed by atoms with Crippen LogP contribution in [0.4, 0.5) is 11.4 Å². The van der Waals surface area contributed by atoms with Gasteiger partial charge >= 0.3 is 0 Å². The zero-order valence-corrected chi connectivity index (χ0v) is 15.4. The summed E-state index contributed by atoms with van der Waals surface area (Å²) in [5.74, 6) is -0.272. The lowest BCUT2D eigenvalue weighted by molar-refractivity contribution is 0.102. The van der Waals surface area contributed by atoms with E-state index < -0.39 is 0 Å². The maximum absolute atomic E-state index is 12.5. The first-order valence-corrected chi connectivity index (χ1v) is 8.76. The average Bonchev–Trinajstić information content (AvgIpc) is 2.66. The Kier molecular flexibility index (Phi) is 5.54. The van der Waals surface area contributed by atoms with Gasteiger partial charge < -0.3 is 10.6 Å². The van der Waals surface area contributed by atoms with E-state index in [1.807, 2.05) is 37.3 Å². The molecule has 26 heavy (non-hydrogen) atoms. The molecule has 0 bridgehead atoms. The maximum atomic E-state index is 12.5. The second kappa shape index (κ2) is 8.02. The van der Waals surface area contributed by atoms with Crippen molar-refractivity contribution in [2.24, 2.45) is 0 Å². The van der Waals surface area contributed by atoms with Gasteiger partial charge in [-0.05, 0) is 49.2 Å². The summed E-state index contributed by atoms with van der Waals surface area (Å²) in [6.07, 6.45) is 1.62. The third-order valence-corrected chi connectivity index (χ3v) is 4.60. The van der Waals surface area contributed by atoms with E-state index in [0.29, 0.717) is 16.4 Å². The molecule has 5 heteroatoms. The van der Waals surface area contributed by atoms with E-state index in [1.165, 1.54) is 5.56 Å². The number of hydrogen-bond acceptors (Lipinski definition) is 3. The fourth-order valence-electron chi connectivity index (χ4n) is 2.65. The molecule has 2 N–H and O–H groups in total. The summed E-state index contributed by atoms with van der Waals surface area (Å²) in [6, 6.07) is 19.3. The number of carbonyl (C=O) groups excluding carboxylic acids is 1. The molecule has 4 nitrogen and oxygen atoms in total. The Bertz CT molecular complexity index is 912. The average molecular weight is 366 g/mol. The minimum atomic E-state index is -0.272. The van der Waals surface area contributed by atoms with Gasteiger partial charge in [-0.2, -0.15) is 0 Å². The molecule has 0 saturated carbocycles. The van der Waals surface area contributed by atoms with Crippen LogP contribution in [-0.2, 0) is 0 Å². The fraction of sp³-hybridized carbons (Fsp3) is 0.143. The minimum Gasteiger partial charge on any atom is -0.378 e. The molecule has 0 fully saturated rings. The zero-order valence-electron chi connectivity index (χ0n) is 14.7. The van der Waals surface area contributed by atoms with Crippen molar-refractivity contribution in [3.8, 4) is 0 Å². The van der Waals surface area contributed by atoms with Crippen molar-refractivity contribution in [1.82, 2.24) is 4.98 Å². The van der Waals surface area contributed by atoms with Crippen molar-refractivity contribution in [3.63, 3.8) is 0 Å². The van der Waals surface area contributed by atoms with E-state index >= 15 is 0 Å². The van der Waals surface area contributed by atoms with Crippen LogP contribution in [0.3, 0.4) is 0 Å². The molecule has 1 amide bonds. The highest BCUT2D eigenvalue weighted by molar-refractivity contribution is 6.31. The van der Waals surface area contributed by atoms with Crippen LogP contribution in [0.1, 0.15) is 34.6 Å². The number of nitrogens with zero attached hydrogens (tertiary/aromatic N) is 1. The van der Waals surface area contributed by atoms with Crippen LogP contribution in [0.15, 0.2) is 66.9 Å². The third kappa shape index (κ3) is 4.21. The summed E-state index contributed by atoms with van der Waals surface area (Å²) < 4.78 is 0. The van der Waals surface area contributed by atoms with Crippen molar-refractivity contribution in [2.45, 2.75) is 19.9 Å². The largest absolute Gasteiger partial charge is 0.378 e. The summed E-state index contributed by atoms with van der Waals surface area (Å²) >= 11 is 6.11. The topological polar surface area (TPSA) is 54.0 Å². The van der Waals surface area contributed by atoms with E-state index in [0.717, 1.165) is 11.3 Å². The molecule has 132 valence electrons. The fourth-order valence-corrected chi connectivity index (χ4v) is 2.82. The van der Waals surface area contributed by atoms with Crippen molar-refractivity contribution >= 4 is 28.9 Å². The van der Waals surface area contributed by atoms with Crippen LogP contribution in [0, 0.1) is 6.92 Å². The second-order valence-corrected chi connectivity index (χ2v) is 6.48. The smallest absolute Gasteiger partial charge is 0.274 e. The van der Waals surface area contributed by atoms with Crippen LogP contribution in [0.5, 0.6) is 0 Å². The molecule has 0 spiro atoms. The molecule has 3 rings (SSSR count). The van der Waals surface area contributed by atoms with Crippen LogP contribution in [0.2, 0.25) is 5.02 Å². The van der Waals surface area contributed by atoms with Crippen molar-refractivity contribution in [2.75, 3.05) is 10.6 Å². The first kappa shape index (κ1) is 18.0. The van der Waals surface area contributed by atoms with Gasteiger partial charge in [0.1, 0.15) is 5.69 Å². The number of rotatable bonds is 5. The SMILES string of the molecule is Cc1c(Cl)cccc1NC(=O)c1cc(NC(C)c2ccccc2)ccn1. The molecule has 0 saturated heterocycles. The Morgan fingerprint density at radius 2 is 1.85 bits per heavy atom. The molecule has 3 aromatic rings. The van der Waals surface area contributed by atoms with Crippen molar-refractivity contribution in [1.29, 1.82) is 0 Å². The molecule has 0 aliphatic heterocycles. The number of hydrogen-bond donors (Lipinski definition) is 2. The number of anilines is 2. The Labute approximate surface area is 158 Å². The number of nitrogens with one attached hydrogen (secondary N) is 2. The molecular weight excluding hydrogens is 346 g/mol. The molecule has 0 radical (unpaired) electrons. The quantitative estimate of drug-likeness (QED) is 0.630. The molecule has 0 aliphatic carbocycles. The van der Waals surface area contributed by atoms with Gasteiger partial charge in [0.05, 0.1) is 0 Å². The van der Waals surface area contributed by atoms with E-state index in [1.54, 1.807) is 24.4 Å². The van der Waals surface area contributed by atoms with Gasteiger partial charge in [0.15, 0.2) is 0 Å². The van der Waals surface area contributed by atoms with Gasteiger partial charge in [-0.3, -0.25) is 9.78 Å². The predicted molar refractivity (Wildman–Crippen MR) is 107 cm³/mol. The summed E-state index contributed by atoms with van der Waals surface area (Å²) in [6.45, 7) is 3.94. The first-order chi connectivity index (χ1) is 12.5. The Morgan fingerprint density at radius 3 is 2.62 bits per heavy atom. The van der Waals surface area contributed by atoms with E-state index in [2.05, 4.69) is 34.7 Å². The van der Waals surface area contributed by atoms with Crippen LogP contribution < -0.4 is 10.6 Å². The molecule has 1 unspecified atom stereocenters. The standard InChI is InChI=1S/C21H20ClN3O/c1-14-18(22)9-6-10-19(14)25-21(26)20-13-17(11-12-23-20)24-15(2)16-7-4-3-5-8-16/h3-13,15H,1-2H3,(H,23,24)(H,25,26). The zero-order chi connectivity index (χ0) is 18.5. The molecule has 1 atom stereocenters. The lowest BCUT2D eigenvalue weighted by Crippen LogP contribution is -2.15. The van der Waals surface area contributed by atoms with Gasteiger partial charge in [-0.25, -0.2) is 0 Å². The third-order valence-electron chi connectivity index (χ3n) is 4.19. The minimum absolute atomic E-state index is 0.115. The molecule has 1 aromatic heterocycles. The Hall–Kier alpha value is -2.85. The Balaban J connectivity index is 1.74. The predicted octanol–water partition coefficient (Wildman–Crippen LogP) is 5.47. The van der Waals surface area contributed by atoms with Gasteiger partial charge in [-0.1, -0.05) is 48.0 Å². The van der Waals surface area contributed by atoms with Crippen molar-refractivity contribution < 1.29 is 4.79 Å². The normalized spacial score (nSPS) is 11.7. The number of amides is 1. The van der Waals surface area contributed by atoms with Gasteiger partial charge in [-0.15, -0.1) is 0 Å². The van der Waals surface area contributed by atoms with E-state index in [9.17, 15) is 4.79 Å². The van der Waals surface area contributed by atoms with Gasteiger partial charge in [0.2, 0.25) is 0 Å².